The molecule has 17 heavy (non-hydrogen) atoms. The summed E-state index contributed by atoms with van der Waals surface area (Å²) in [5, 5.41) is 15.6. The van der Waals surface area contributed by atoms with Gasteiger partial charge in [-0.1, -0.05) is 35.5 Å². The second-order valence-electron chi connectivity index (χ2n) is 3.66. The third kappa shape index (κ3) is 6.32. The van der Waals surface area contributed by atoms with Crippen molar-refractivity contribution in [3.8, 4) is 0 Å². The number of benzene rings is 1. The summed E-state index contributed by atoms with van der Waals surface area (Å²) in [5.41, 5.74) is 1.30. The fourth-order valence-corrected chi connectivity index (χ4v) is 1.44. The van der Waals surface area contributed by atoms with Gasteiger partial charge in [-0.15, -0.1) is 0 Å². The number of carbonyl (C=O) groups excluding carboxylic acids is 1. The fraction of sp³-hybridized carbons (Fsp3) is 0.333. The SMILES string of the molecule is O=C(/C=N/O)NCCC[NH2+]Cc1ccccc1. The zero-order valence-corrected chi connectivity index (χ0v) is 9.67. The number of amides is 1. The molecule has 0 saturated carbocycles. The zero-order valence-electron chi connectivity index (χ0n) is 9.67. The fourth-order valence-electron chi connectivity index (χ4n) is 1.44. The highest BCUT2D eigenvalue weighted by Gasteiger charge is 1.97. The number of hydrogen-bond donors (Lipinski definition) is 3. The monoisotopic (exact) mass is 236 g/mol. The Hall–Kier alpha value is -1.88. The average molecular weight is 236 g/mol. The van der Waals surface area contributed by atoms with Crippen LogP contribution >= 0.6 is 0 Å². The highest BCUT2D eigenvalue weighted by atomic mass is 16.4. The lowest BCUT2D eigenvalue weighted by Gasteiger charge is -2.02. The lowest BCUT2D eigenvalue weighted by atomic mass is 10.2. The average Bonchev–Trinajstić information content (AvgIpc) is 2.35. The van der Waals surface area contributed by atoms with Gasteiger partial charge in [0.2, 0.25) is 0 Å². The maximum absolute atomic E-state index is 10.9. The van der Waals surface area contributed by atoms with E-state index in [1.54, 1.807) is 0 Å². The molecule has 0 atom stereocenters. The van der Waals surface area contributed by atoms with Crippen molar-refractivity contribution >= 4 is 12.1 Å². The molecular weight excluding hydrogens is 218 g/mol. The topological polar surface area (TPSA) is 78.3 Å². The predicted molar refractivity (Wildman–Crippen MR) is 64.8 cm³/mol. The van der Waals surface area contributed by atoms with Crippen LogP contribution < -0.4 is 10.6 Å². The van der Waals surface area contributed by atoms with Crippen LogP contribution in [0.25, 0.3) is 0 Å². The Morgan fingerprint density at radius 2 is 2.18 bits per heavy atom. The summed E-state index contributed by atoms with van der Waals surface area (Å²) < 4.78 is 0. The van der Waals surface area contributed by atoms with E-state index in [0.717, 1.165) is 25.7 Å². The number of quaternary nitrogens is 1. The van der Waals surface area contributed by atoms with Crippen LogP contribution in [0, 0.1) is 0 Å². The van der Waals surface area contributed by atoms with Crippen LogP contribution in [0.3, 0.4) is 0 Å². The van der Waals surface area contributed by atoms with Gasteiger partial charge in [-0.3, -0.25) is 4.79 Å². The highest BCUT2D eigenvalue weighted by Crippen LogP contribution is 1.94. The van der Waals surface area contributed by atoms with Crippen LogP contribution in [0.5, 0.6) is 0 Å². The summed E-state index contributed by atoms with van der Waals surface area (Å²) in [6, 6.07) is 10.2. The largest absolute Gasteiger partial charge is 0.411 e. The Bertz CT molecular complexity index is 352. The molecule has 0 aromatic heterocycles. The van der Waals surface area contributed by atoms with Gasteiger partial charge in [0, 0.05) is 18.5 Å². The van der Waals surface area contributed by atoms with Crippen molar-refractivity contribution in [2.45, 2.75) is 13.0 Å². The highest BCUT2D eigenvalue weighted by molar-refractivity contribution is 6.25. The summed E-state index contributed by atoms with van der Waals surface area (Å²) in [6.45, 7) is 2.49. The Balaban J connectivity index is 2.00. The molecule has 5 nitrogen and oxygen atoms in total. The molecule has 0 radical (unpaired) electrons. The molecule has 1 rings (SSSR count). The number of carbonyl (C=O) groups is 1. The maximum atomic E-state index is 10.9. The lowest BCUT2D eigenvalue weighted by molar-refractivity contribution is -0.670. The van der Waals surface area contributed by atoms with E-state index in [1.165, 1.54) is 5.56 Å². The summed E-state index contributed by atoms with van der Waals surface area (Å²) in [6.07, 6.45) is 1.74. The van der Waals surface area contributed by atoms with Crippen molar-refractivity contribution in [1.82, 2.24) is 5.32 Å². The standard InChI is InChI=1S/C12H17N3O2/c16-12(10-15-17)14-8-4-7-13-9-11-5-2-1-3-6-11/h1-3,5-6,10,13,17H,4,7-9H2,(H,14,16)/p+1/b15-10+. The molecule has 0 unspecified atom stereocenters. The van der Waals surface area contributed by atoms with Crippen LogP contribution in [0.4, 0.5) is 0 Å². The molecule has 0 aliphatic heterocycles. The molecule has 1 aromatic rings. The van der Waals surface area contributed by atoms with Gasteiger partial charge in [0.05, 0.1) is 6.54 Å². The van der Waals surface area contributed by atoms with Gasteiger partial charge in [0.25, 0.3) is 5.91 Å². The Morgan fingerprint density at radius 3 is 2.88 bits per heavy atom. The number of rotatable bonds is 7. The van der Waals surface area contributed by atoms with Crippen molar-refractivity contribution < 1.29 is 15.3 Å². The first-order valence-electron chi connectivity index (χ1n) is 5.64. The van der Waals surface area contributed by atoms with E-state index in [2.05, 4.69) is 27.9 Å². The van der Waals surface area contributed by atoms with Gasteiger partial charge in [-0.2, -0.15) is 0 Å². The van der Waals surface area contributed by atoms with Crippen molar-refractivity contribution in [1.29, 1.82) is 0 Å². The molecule has 4 N–H and O–H groups in total. The summed E-state index contributed by atoms with van der Waals surface area (Å²) in [4.78, 5) is 10.9. The van der Waals surface area contributed by atoms with E-state index in [-0.39, 0.29) is 5.91 Å². The minimum absolute atomic E-state index is 0.365. The number of hydrogen-bond acceptors (Lipinski definition) is 3. The molecule has 0 fully saturated rings. The van der Waals surface area contributed by atoms with E-state index in [4.69, 9.17) is 5.21 Å². The van der Waals surface area contributed by atoms with E-state index >= 15 is 0 Å². The van der Waals surface area contributed by atoms with Crippen molar-refractivity contribution in [2.24, 2.45) is 5.16 Å². The minimum atomic E-state index is -0.365. The molecule has 1 aromatic carbocycles. The van der Waals surface area contributed by atoms with Gasteiger partial charge >= 0.3 is 0 Å². The van der Waals surface area contributed by atoms with Gasteiger partial charge in [0.1, 0.15) is 12.8 Å². The minimum Gasteiger partial charge on any atom is -0.411 e. The van der Waals surface area contributed by atoms with E-state index in [9.17, 15) is 4.79 Å². The van der Waals surface area contributed by atoms with Crippen molar-refractivity contribution in [3.05, 3.63) is 35.9 Å². The summed E-state index contributed by atoms with van der Waals surface area (Å²) in [7, 11) is 0. The second-order valence-corrected chi connectivity index (χ2v) is 3.66. The lowest BCUT2D eigenvalue weighted by Crippen LogP contribution is -2.82. The van der Waals surface area contributed by atoms with Crippen molar-refractivity contribution in [2.75, 3.05) is 13.1 Å². The number of nitrogens with two attached hydrogens (primary N) is 1. The smallest absolute Gasteiger partial charge is 0.265 e. The number of oxime groups is 1. The molecule has 92 valence electrons. The summed E-state index contributed by atoms with van der Waals surface area (Å²) >= 11 is 0. The third-order valence-electron chi connectivity index (χ3n) is 2.28. The quantitative estimate of drug-likeness (QED) is 0.263. The van der Waals surface area contributed by atoms with E-state index < -0.39 is 0 Å². The summed E-state index contributed by atoms with van der Waals surface area (Å²) in [5.74, 6) is -0.365. The zero-order chi connectivity index (χ0) is 12.3. The van der Waals surface area contributed by atoms with E-state index in [1.807, 2.05) is 18.2 Å². The molecule has 1 amide bonds. The first-order chi connectivity index (χ1) is 8.33. The molecule has 0 heterocycles. The normalized spacial score (nSPS) is 10.6. The van der Waals surface area contributed by atoms with Crippen LogP contribution in [-0.2, 0) is 11.3 Å². The van der Waals surface area contributed by atoms with Gasteiger partial charge in [0.15, 0.2) is 0 Å². The molecule has 0 aliphatic carbocycles. The van der Waals surface area contributed by atoms with Crippen LogP contribution in [0.1, 0.15) is 12.0 Å². The van der Waals surface area contributed by atoms with Gasteiger partial charge in [-0.05, 0) is 0 Å². The molecule has 0 saturated heterocycles. The van der Waals surface area contributed by atoms with Crippen LogP contribution in [-0.4, -0.2) is 30.4 Å². The number of nitrogens with zero attached hydrogens (tertiary/aromatic N) is 1. The van der Waals surface area contributed by atoms with Gasteiger partial charge < -0.3 is 15.8 Å². The molecule has 0 aliphatic rings. The first-order valence-corrected chi connectivity index (χ1v) is 5.64. The first kappa shape index (κ1) is 13.2. The maximum Gasteiger partial charge on any atom is 0.265 e. The van der Waals surface area contributed by atoms with Gasteiger partial charge in [-0.25, -0.2) is 0 Å². The third-order valence-corrected chi connectivity index (χ3v) is 2.28. The molecule has 0 bridgehead atoms. The Kier molecular flexibility index (Phi) is 6.43. The van der Waals surface area contributed by atoms with Crippen LogP contribution in [0.2, 0.25) is 0 Å². The van der Waals surface area contributed by atoms with Crippen molar-refractivity contribution in [3.63, 3.8) is 0 Å². The predicted octanol–water partition coefficient (Wildman–Crippen LogP) is -0.284. The molecular formula is C12H18N3O2+. The molecule has 5 heteroatoms. The molecule has 0 spiro atoms. The number of nitrogens with one attached hydrogen (secondary N) is 1. The second kappa shape index (κ2) is 8.29. The van der Waals surface area contributed by atoms with Crippen LogP contribution in [0.15, 0.2) is 35.5 Å². The Labute approximate surface area is 101 Å². The Morgan fingerprint density at radius 1 is 1.41 bits per heavy atom. The van der Waals surface area contributed by atoms with E-state index in [0.29, 0.717) is 6.54 Å².